The van der Waals surface area contributed by atoms with E-state index in [-0.39, 0.29) is 0 Å². The van der Waals surface area contributed by atoms with E-state index < -0.39 is 0 Å². The van der Waals surface area contributed by atoms with Crippen LogP contribution in [-0.2, 0) is 0 Å². The third kappa shape index (κ3) is 6.76. The lowest BCUT2D eigenvalue weighted by atomic mass is 9.59. The Kier molecular flexibility index (Phi) is 7.74. The van der Waals surface area contributed by atoms with Crippen LogP contribution >= 0.6 is 0 Å². The summed E-state index contributed by atoms with van der Waals surface area (Å²) in [5, 5.41) is 0. The normalized spacial score (nSPS) is 13.4. The van der Waals surface area contributed by atoms with Crippen LogP contribution in [0, 0.1) is 5.92 Å². The molecule has 0 saturated carbocycles. The summed E-state index contributed by atoms with van der Waals surface area (Å²) in [7, 11) is 2.46. The van der Waals surface area contributed by atoms with Gasteiger partial charge in [0.25, 0.3) is 0 Å². The second-order valence-electron chi connectivity index (χ2n) is 4.13. The monoisotopic (exact) mass is 167 g/mol. The summed E-state index contributed by atoms with van der Waals surface area (Å²) in [6, 6.07) is 0. The Balaban J connectivity index is 3.39. The van der Waals surface area contributed by atoms with Crippen molar-refractivity contribution in [2.24, 2.45) is 5.92 Å². The highest BCUT2D eigenvalue weighted by Crippen LogP contribution is 2.18. The van der Waals surface area contributed by atoms with Crippen molar-refractivity contribution in [1.29, 1.82) is 0 Å². The number of unbranched alkanes of at least 4 members (excludes halogenated alkanes) is 1. The molecular weight excluding hydrogens is 143 g/mol. The van der Waals surface area contributed by atoms with Gasteiger partial charge < -0.3 is 0 Å². The number of hydrogen-bond acceptors (Lipinski definition) is 0. The van der Waals surface area contributed by atoms with Crippen molar-refractivity contribution < 1.29 is 0 Å². The summed E-state index contributed by atoms with van der Waals surface area (Å²) in [6.07, 6.45) is 6.86. The van der Waals surface area contributed by atoms with Gasteiger partial charge in [0.1, 0.15) is 7.28 Å². The Morgan fingerprint density at radius 1 is 1.17 bits per heavy atom. The summed E-state index contributed by atoms with van der Waals surface area (Å²) in [4.78, 5) is 0. The molecule has 71 valence electrons. The molecule has 0 aromatic heterocycles. The molecule has 0 aliphatic heterocycles. The lowest BCUT2D eigenvalue weighted by Gasteiger charge is -2.14. The van der Waals surface area contributed by atoms with Gasteiger partial charge in [-0.15, -0.1) is 0 Å². The fraction of sp³-hybridized carbons (Fsp3) is 1.00. The molecule has 0 N–H and O–H groups in total. The molecule has 0 fully saturated rings. The zero-order valence-corrected chi connectivity index (χ0v) is 9.27. The predicted octanol–water partition coefficient (Wildman–Crippen LogP) is 4.15. The summed E-state index contributed by atoms with van der Waals surface area (Å²) in [6.45, 7) is 9.13. The largest absolute Gasteiger partial charge is 0.113 e. The second-order valence-corrected chi connectivity index (χ2v) is 4.13. The van der Waals surface area contributed by atoms with Gasteiger partial charge >= 0.3 is 0 Å². The highest BCUT2D eigenvalue weighted by Gasteiger charge is 2.07. The molecule has 0 spiro atoms. The molecule has 0 aliphatic rings. The first kappa shape index (κ1) is 12.1. The van der Waals surface area contributed by atoms with Gasteiger partial charge in [0.05, 0.1) is 0 Å². The van der Waals surface area contributed by atoms with Crippen LogP contribution in [0.4, 0.5) is 0 Å². The van der Waals surface area contributed by atoms with Crippen molar-refractivity contribution in [1.82, 2.24) is 0 Å². The van der Waals surface area contributed by atoms with E-state index in [9.17, 15) is 0 Å². The third-order valence-corrected chi connectivity index (χ3v) is 2.48. The van der Waals surface area contributed by atoms with Crippen molar-refractivity contribution in [2.45, 2.75) is 65.5 Å². The lowest BCUT2D eigenvalue weighted by molar-refractivity contribution is 0.489. The standard InChI is InChI=1S/C11H24B/c1-5-7-8-11(6-2)9-12-10(3)4/h10-11H,5-9H2,1-4H3. The maximum absolute atomic E-state index is 2.46. The van der Waals surface area contributed by atoms with E-state index >= 15 is 0 Å². The second kappa shape index (κ2) is 7.70. The first-order valence-electron chi connectivity index (χ1n) is 5.54. The van der Waals surface area contributed by atoms with Crippen LogP contribution in [0.15, 0.2) is 0 Å². The Hall–Kier alpha value is 0.0649. The lowest BCUT2D eigenvalue weighted by Crippen LogP contribution is -2.05. The molecule has 0 aromatic rings. The van der Waals surface area contributed by atoms with Crippen LogP contribution in [0.25, 0.3) is 0 Å². The smallest absolute Gasteiger partial charge is 0.0772 e. The van der Waals surface area contributed by atoms with E-state index in [2.05, 4.69) is 35.0 Å². The average molecular weight is 167 g/mol. The molecular formula is C11H24B. The van der Waals surface area contributed by atoms with Crippen molar-refractivity contribution in [3.05, 3.63) is 0 Å². The van der Waals surface area contributed by atoms with Crippen LogP contribution in [0.3, 0.4) is 0 Å². The first-order chi connectivity index (χ1) is 5.70. The molecule has 1 unspecified atom stereocenters. The Bertz CT molecular complexity index is 89.0. The van der Waals surface area contributed by atoms with Gasteiger partial charge in [0.15, 0.2) is 0 Å². The summed E-state index contributed by atoms with van der Waals surface area (Å²) in [5.41, 5.74) is 0. The molecule has 0 heterocycles. The highest BCUT2D eigenvalue weighted by molar-refractivity contribution is 6.37. The summed E-state index contributed by atoms with van der Waals surface area (Å²) < 4.78 is 0. The minimum atomic E-state index is 0.765. The molecule has 1 radical (unpaired) electrons. The maximum Gasteiger partial charge on any atom is 0.113 e. The van der Waals surface area contributed by atoms with Crippen molar-refractivity contribution >= 4 is 7.28 Å². The average Bonchev–Trinajstić information content (AvgIpc) is 2.05. The first-order valence-corrected chi connectivity index (χ1v) is 5.54. The number of rotatable bonds is 7. The topological polar surface area (TPSA) is 0 Å². The highest BCUT2D eigenvalue weighted by atomic mass is 14.1. The SMILES string of the molecule is CCCCC(CC)C[B]C(C)C. The summed E-state index contributed by atoms with van der Waals surface area (Å²) >= 11 is 0. The van der Waals surface area contributed by atoms with Crippen LogP contribution < -0.4 is 0 Å². The van der Waals surface area contributed by atoms with Crippen molar-refractivity contribution in [2.75, 3.05) is 0 Å². The van der Waals surface area contributed by atoms with Gasteiger partial charge in [-0.2, -0.15) is 0 Å². The maximum atomic E-state index is 2.46. The van der Waals surface area contributed by atoms with Crippen LogP contribution in [0.5, 0.6) is 0 Å². The van der Waals surface area contributed by atoms with Crippen molar-refractivity contribution in [3.8, 4) is 0 Å². The third-order valence-electron chi connectivity index (χ3n) is 2.48. The predicted molar refractivity (Wildman–Crippen MR) is 59.0 cm³/mol. The fourth-order valence-electron chi connectivity index (χ4n) is 1.45. The number of hydrogen-bond donors (Lipinski definition) is 0. The molecule has 0 rings (SSSR count). The molecule has 0 nitrogen and oxygen atoms in total. The Morgan fingerprint density at radius 2 is 1.83 bits per heavy atom. The van der Waals surface area contributed by atoms with Crippen molar-refractivity contribution in [3.63, 3.8) is 0 Å². The van der Waals surface area contributed by atoms with Gasteiger partial charge in [-0.3, -0.25) is 0 Å². The van der Waals surface area contributed by atoms with E-state index in [1.54, 1.807) is 0 Å². The molecule has 1 atom stereocenters. The molecule has 0 aliphatic carbocycles. The Morgan fingerprint density at radius 3 is 2.25 bits per heavy atom. The van der Waals surface area contributed by atoms with Crippen LogP contribution in [-0.4, -0.2) is 7.28 Å². The fourth-order valence-corrected chi connectivity index (χ4v) is 1.45. The molecule has 0 bridgehead atoms. The summed E-state index contributed by atoms with van der Waals surface area (Å²) in [5.74, 6) is 1.72. The van der Waals surface area contributed by atoms with Crippen LogP contribution in [0.1, 0.15) is 53.4 Å². The Labute approximate surface area is 79.4 Å². The minimum Gasteiger partial charge on any atom is -0.0772 e. The van der Waals surface area contributed by atoms with E-state index in [1.165, 1.54) is 32.0 Å². The molecule has 0 amide bonds. The van der Waals surface area contributed by atoms with Gasteiger partial charge in [-0.05, 0) is 5.92 Å². The zero-order chi connectivity index (χ0) is 9.40. The molecule has 12 heavy (non-hydrogen) atoms. The van der Waals surface area contributed by atoms with Gasteiger partial charge in [-0.1, -0.05) is 65.5 Å². The molecule has 1 heteroatoms. The quantitative estimate of drug-likeness (QED) is 0.499. The molecule has 0 aromatic carbocycles. The zero-order valence-electron chi connectivity index (χ0n) is 9.27. The van der Waals surface area contributed by atoms with Crippen LogP contribution in [0.2, 0.25) is 12.1 Å². The van der Waals surface area contributed by atoms with Gasteiger partial charge in [0.2, 0.25) is 0 Å². The van der Waals surface area contributed by atoms with E-state index in [0.29, 0.717) is 0 Å². The van der Waals surface area contributed by atoms with E-state index in [0.717, 1.165) is 11.7 Å². The van der Waals surface area contributed by atoms with E-state index in [4.69, 9.17) is 0 Å². The van der Waals surface area contributed by atoms with Gasteiger partial charge in [0, 0.05) is 0 Å². The van der Waals surface area contributed by atoms with E-state index in [1.807, 2.05) is 0 Å². The molecule has 0 saturated heterocycles. The van der Waals surface area contributed by atoms with Gasteiger partial charge in [-0.25, -0.2) is 0 Å². The minimum absolute atomic E-state index is 0.765.